The van der Waals surface area contributed by atoms with Crippen molar-refractivity contribution in [3.05, 3.63) is 25.8 Å². The standard InChI is InChI=1S/C3H2ClN3O3/c4-1-2(7(9)10)6-3(8)5-1/h(H2,5,6,8). The van der Waals surface area contributed by atoms with Crippen molar-refractivity contribution in [1.82, 2.24) is 9.97 Å². The van der Waals surface area contributed by atoms with Crippen molar-refractivity contribution in [2.24, 2.45) is 0 Å². The molecule has 0 aliphatic carbocycles. The number of rotatable bonds is 1. The normalized spacial score (nSPS) is 9.70. The van der Waals surface area contributed by atoms with Crippen LogP contribution >= 0.6 is 11.6 Å². The van der Waals surface area contributed by atoms with Gasteiger partial charge >= 0.3 is 11.5 Å². The highest BCUT2D eigenvalue weighted by Gasteiger charge is 2.13. The molecule has 7 heteroatoms. The molecule has 0 radical (unpaired) electrons. The Labute approximate surface area is 59.0 Å². The lowest BCUT2D eigenvalue weighted by Gasteiger charge is -1.86. The van der Waals surface area contributed by atoms with Crippen LogP contribution in [0.15, 0.2) is 4.79 Å². The van der Waals surface area contributed by atoms with Crippen LogP contribution in [-0.2, 0) is 0 Å². The van der Waals surface area contributed by atoms with Crippen LogP contribution < -0.4 is 5.69 Å². The minimum atomic E-state index is -0.778. The minimum Gasteiger partial charge on any atom is -0.358 e. The number of hydrogen-bond acceptors (Lipinski definition) is 3. The topological polar surface area (TPSA) is 91.8 Å². The Hall–Kier alpha value is -1.30. The van der Waals surface area contributed by atoms with Crippen molar-refractivity contribution in [3.8, 4) is 0 Å². The fraction of sp³-hybridized carbons (Fsp3) is 0. The number of aromatic nitrogens is 2. The zero-order chi connectivity index (χ0) is 7.72. The molecule has 0 amide bonds. The first-order valence-corrected chi connectivity index (χ1v) is 2.61. The Kier molecular flexibility index (Phi) is 1.46. The van der Waals surface area contributed by atoms with Crippen molar-refractivity contribution < 1.29 is 4.92 Å². The number of halogens is 1. The zero-order valence-electron chi connectivity index (χ0n) is 4.55. The largest absolute Gasteiger partial charge is 0.412 e. The van der Waals surface area contributed by atoms with E-state index in [0.29, 0.717) is 0 Å². The summed E-state index contributed by atoms with van der Waals surface area (Å²) in [5, 5.41) is 9.68. The lowest BCUT2D eigenvalue weighted by atomic mass is 10.8. The van der Waals surface area contributed by atoms with Crippen molar-refractivity contribution in [3.63, 3.8) is 0 Å². The Morgan fingerprint density at radius 1 is 1.50 bits per heavy atom. The molecule has 0 saturated carbocycles. The molecule has 0 aliphatic rings. The van der Waals surface area contributed by atoms with Gasteiger partial charge in [-0.2, -0.15) is 4.98 Å². The third-order valence-corrected chi connectivity index (χ3v) is 1.12. The van der Waals surface area contributed by atoms with E-state index in [2.05, 4.69) is 0 Å². The van der Waals surface area contributed by atoms with Gasteiger partial charge in [-0.05, 0) is 4.92 Å². The molecule has 0 spiro atoms. The van der Waals surface area contributed by atoms with Gasteiger partial charge in [0.1, 0.15) is 0 Å². The van der Waals surface area contributed by atoms with Gasteiger partial charge in [-0.25, -0.2) is 4.79 Å². The molecule has 0 fully saturated rings. The summed E-state index contributed by atoms with van der Waals surface area (Å²) in [7, 11) is 0. The van der Waals surface area contributed by atoms with Gasteiger partial charge < -0.3 is 10.1 Å². The third kappa shape index (κ3) is 1.01. The molecule has 6 nitrogen and oxygen atoms in total. The summed E-state index contributed by atoms with van der Waals surface area (Å²) in [6, 6.07) is 0. The van der Waals surface area contributed by atoms with Gasteiger partial charge in [0.25, 0.3) is 0 Å². The first kappa shape index (κ1) is 6.81. The van der Waals surface area contributed by atoms with Crippen LogP contribution in [0.1, 0.15) is 0 Å². The van der Waals surface area contributed by atoms with Gasteiger partial charge in [0.05, 0.1) is 0 Å². The molecule has 2 N–H and O–H groups in total. The molecule has 54 valence electrons. The summed E-state index contributed by atoms with van der Waals surface area (Å²) in [6.45, 7) is 0. The lowest BCUT2D eigenvalue weighted by Crippen LogP contribution is -2.00. The van der Waals surface area contributed by atoms with Crippen molar-refractivity contribution >= 4 is 17.4 Å². The van der Waals surface area contributed by atoms with E-state index in [-0.39, 0.29) is 5.15 Å². The highest BCUT2D eigenvalue weighted by atomic mass is 35.5. The van der Waals surface area contributed by atoms with Gasteiger partial charge in [0, 0.05) is 0 Å². The number of nitrogens with zero attached hydrogens (tertiary/aromatic N) is 1. The van der Waals surface area contributed by atoms with Crippen LogP contribution in [0.25, 0.3) is 0 Å². The minimum absolute atomic E-state index is 0.282. The number of H-pyrrole nitrogens is 2. The van der Waals surface area contributed by atoms with Crippen LogP contribution in [0, 0.1) is 10.1 Å². The summed E-state index contributed by atoms with van der Waals surface area (Å²) in [5.41, 5.74) is -0.684. The van der Waals surface area contributed by atoms with Crippen molar-refractivity contribution in [1.29, 1.82) is 0 Å². The Morgan fingerprint density at radius 2 is 2.10 bits per heavy atom. The summed E-state index contributed by atoms with van der Waals surface area (Å²) in [4.78, 5) is 23.4. The van der Waals surface area contributed by atoms with Crippen LogP contribution in [0.3, 0.4) is 0 Å². The van der Waals surface area contributed by atoms with E-state index in [1.165, 1.54) is 0 Å². The zero-order valence-corrected chi connectivity index (χ0v) is 5.31. The molecule has 1 aromatic heterocycles. The first-order valence-electron chi connectivity index (χ1n) is 2.23. The molecule has 1 heterocycles. The van der Waals surface area contributed by atoms with E-state index < -0.39 is 16.4 Å². The molecular formula is C3H2ClN3O3. The van der Waals surface area contributed by atoms with E-state index >= 15 is 0 Å². The molecule has 0 unspecified atom stereocenters. The van der Waals surface area contributed by atoms with Crippen molar-refractivity contribution in [2.45, 2.75) is 0 Å². The van der Waals surface area contributed by atoms with E-state index in [0.717, 1.165) is 0 Å². The molecule has 10 heavy (non-hydrogen) atoms. The summed E-state index contributed by atoms with van der Waals surface area (Å²) in [5.74, 6) is -0.508. The molecule has 0 saturated heterocycles. The van der Waals surface area contributed by atoms with Crippen molar-refractivity contribution in [2.75, 3.05) is 0 Å². The Bertz CT molecular complexity index is 313. The number of nitro groups is 1. The van der Waals surface area contributed by atoms with Gasteiger partial charge in [-0.3, -0.25) is 4.98 Å². The van der Waals surface area contributed by atoms with E-state index in [1.807, 2.05) is 9.97 Å². The monoisotopic (exact) mass is 163 g/mol. The average Bonchev–Trinajstić information content (AvgIpc) is 2.10. The smallest absolute Gasteiger partial charge is 0.358 e. The molecule has 1 rings (SSSR count). The number of hydrogen-bond donors (Lipinski definition) is 2. The van der Waals surface area contributed by atoms with Gasteiger partial charge in [0.2, 0.25) is 5.15 Å². The molecular weight excluding hydrogens is 162 g/mol. The fourth-order valence-electron chi connectivity index (χ4n) is 0.478. The summed E-state index contributed by atoms with van der Waals surface area (Å²) in [6.07, 6.45) is 0. The lowest BCUT2D eigenvalue weighted by molar-refractivity contribution is -0.389. The number of aromatic amines is 2. The van der Waals surface area contributed by atoms with Gasteiger partial charge in [-0.1, -0.05) is 11.6 Å². The molecule has 0 aromatic carbocycles. The maximum atomic E-state index is 10.3. The predicted molar refractivity (Wildman–Crippen MR) is 33.1 cm³/mol. The van der Waals surface area contributed by atoms with E-state index in [4.69, 9.17) is 11.6 Å². The molecule has 0 bridgehead atoms. The van der Waals surface area contributed by atoms with Crippen LogP contribution in [0.2, 0.25) is 5.15 Å². The second-order valence-corrected chi connectivity index (χ2v) is 1.88. The van der Waals surface area contributed by atoms with E-state index in [1.54, 1.807) is 0 Å². The molecule has 1 aromatic rings. The fourth-order valence-corrected chi connectivity index (χ4v) is 0.680. The van der Waals surface area contributed by atoms with Gasteiger partial charge in [-0.15, -0.1) is 0 Å². The van der Waals surface area contributed by atoms with Crippen LogP contribution in [-0.4, -0.2) is 14.9 Å². The third-order valence-electron chi connectivity index (χ3n) is 0.846. The first-order chi connectivity index (χ1) is 4.61. The predicted octanol–water partition coefficient (Wildman–Crippen LogP) is 0.265. The maximum absolute atomic E-state index is 10.3. The molecule has 0 atom stereocenters. The van der Waals surface area contributed by atoms with Crippen LogP contribution in [0.5, 0.6) is 0 Å². The summed E-state index contributed by atoms with van der Waals surface area (Å²) >= 11 is 5.21. The van der Waals surface area contributed by atoms with Gasteiger partial charge in [0.15, 0.2) is 0 Å². The summed E-state index contributed by atoms with van der Waals surface area (Å²) < 4.78 is 0. The second kappa shape index (κ2) is 2.14. The maximum Gasteiger partial charge on any atom is 0.412 e. The Balaban J connectivity index is 3.28. The number of imidazole rings is 1. The average molecular weight is 164 g/mol. The second-order valence-electron chi connectivity index (χ2n) is 1.50. The number of nitrogens with one attached hydrogen (secondary N) is 2. The van der Waals surface area contributed by atoms with E-state index in [9.17, 15) is 14.9 Å². The SMILES string of the molecule is O=c1[nH]c(Cl)c([N+](=O)[O-])[nH]1. The quantitative estimate of drug-likeness (QED) is 0.460. The highest BCUT2D eigenvalue weighted by molar-refractivity contribution is 6.31. The molecule has 0 aliphatic heterocycles. The Morgan fingerprint density at radius 3 is 2.30 bits per heavy atom. The highest BCUT2D eigenvalue weighted by Crippen LogP contribution is 2.14. The van der Waals surface area contributed by atoms with Crippen LogP contribution in [0.4, 0.5) is 5.82 Å².